The zero-order chi connectivity index (χ0) is 10.2. The van der Waals surface area contributed by atoms with Crippen molar-refractivity contribution < 1.29 is 13.2 Å². The van der Waals surface area contributed by atoms with Crippen LogP contribution in [0, 0.1) is 6.92 Å². The highest BCUT2D eigenvalue weighted by molar-refractivity contribution is 9.10. The van der Waals surface area contributed by atoms with Crippen LogP contribution in [0.4, 0.5) is 18.9 Å². The van der Waals surface area contributed by atoms with E-state index in [0.29, 0.717) is 10.2 Å². The molecule has 5 heteroatoms. The summed E-state index contributed by atoms with van der Waals surface area (Å²) in [6.07, 6.45) is -4.32. The number of nitrogen functional groups attached to an aromatic ring is 1. The number of hydrogen-bond donors (Lipinski definition) is 1. The van der Waals surface area contributed by atoms with Crippen LogP contribution in [0.1, 0.15) is 11.1 Å². The topological polar surface area (TPSA) is 26.0 Å². The van der Waals surface area contributed by atoms with E-state index in [9.17, 15) is 13.2 Å². The maximum atomic E-state index is 12.3. The third kappa shape index (κ3) is 1.96. The molecule has 0 saturated heterocycles. The summed E-state index contributed by atoms with van der Waals surface area (Å²) in [5.74, 6) is 0. The minimum absolute atomic E-state index is 0.118. The van der Waals surface area contributed by atoms with E-state index in [1.807, 2.05) is 0 Å². The van der Waals surface area contributed by atoms with Gasteiger partial charge in [-0.15, -0.1) is 0 Å². The molecule has 0 atom stereocenters. The molecule has 0 unspecified atom stereocenters. The zero-order valence-electron chi connectivity index (χ0n) is 6.74. The lowest BCUT2D eigenvalue weighted by molar-refractivity contribution is -0.138. The Morgan fingerprint density at radius 3 is 2.31 bits per heavy atom. The van der Waals surface area contributed by atoms with Crippen LogP contribution in [0.15, 0.2) is 16.6 Å². The molecule has 2 N–H and O–H groups in total. The summed E-state index contributed by atoms with van der Waals surface area (Å²) in [5, 5.41) is 0. The Kier molecular flexibility index (Phi) is 2.56. The van der Waals surface area contributed by atoms with Gasteiger partial charge in [0, 0.05) is 10.2 Å². The number of nitrogens with two attached hydrogens (primary N) is 1. The average Bonchev–Trinajstić information content (AvgIpc) is 1.98. The van der Waals surface area contributed by atoms with Gasteiger partial charge in [0.25, 0.3) is 0 Å². The van der Waals surface area contributed by atoms with E-state index in [4.69, 9.17) is 5.73 Å². The number of rotatable bonds is 0. The van der Waals surface area contributed by atoms with Crippen molar-refractivity contribution >= 4 is 21.6 Å². The van der Waals surface area contributed by atoms with E-state index in [2.05, 4.69) is 15.9 Å². The van der Waals surface area contributed by atoms with Gasteiger partial charge in [0.15, 0.2) is 0 Å². The Hall–Kier alpha value is -0.710. The van der Waals surface area contributed by atoms with Crippen molar-refractivity contribution in [2.45, 2.75) is 13.1 Å². The van der Waals surface area contributed by atoms with Crippen LogP contribution >= 0.6 is 15.9 Å². The molecular weight excluding hydrogens is 247 g/mol. The highest BCUT2D eigenvalue weighted by Gasteiger charge is 2.33. The Bertz CT molecular complexity index is 333. The summed E-state index contributed by atoms with van der Waals surface area (Å²) < 4.78 is 37.2. The highest BCUT2D eigenvalue weighted by atomic mass is 79.9. The van der Waals surface area contributed by atoms with Gasteiger partial charge in [0.1, 0.15) is 0 Å². The predicted octanol–water partition coefficient (Wildman–Crippen LogP) is 3.36. The number of anilines is 1. The molecule has 0 spiro atoms. The molecule has 0 aliphatic heterocycles. The van der Waals surface area contributed by atoms with Gasteiger partial charge >= 0.3 is 6.18 Å². The predicted molar refractivity (Wildman–Crippen MR) is 48.3 cm³/mol. The molecule has 0 aromatic heterocycles. The standard InChI is InChI=1S/C8H7BrF3N/c1-4-5(8(10,11)12)2-3-6(13)7(4)9/h2-3H,13H2,1H3. The second kappa shape index (κ2) is 3.21. The summed E-state index contributed by atoms with van der Waals surface area (Å²) in [5.41, 5.74) is 5.19. The first-order valence-electron chi connectivity index (χ1n) is 3.46. The zero-order valence-corrected chi connectivity index (χ0v) is 8.33. The molecule has 1 nitrogen and oxygen atoms in total. The van der Waals surface area contributed by atoms with E-state index in [0.717, 1.165) is 6.07 Å². The molecule has 0 saturated carbocycles. The Labute approximate surface area is 81.9 Å². The van der Waals surface area contributed by atoms with E-state index < -0.39 is 11.7 Å². The van der Waals surface area contributed by atoms with Gasteiger partial charge in [-0.05, 0) is 40.5 Å². The summed E-state index contributed by atoms with van der Waals surface area (Å²) in [7, 11) is 0. The lowest BCUT2D eigenvalue weighted by atomic mass is 10.1. The van der Waals surface area contributed by atoms with Crippen molar-refractivity contribution in [1.29, 1.82) is 0 Å². The van der Waals surface area contributed by atoms with Crippen LogP contribution in [0.25, 0.3) is 0 Å². The van der Waals surface area contributed by atoms with E-state index >= 15 is 0 Å². The highest BCUT2D eigenvalue weighted by Crippen LogP contribution is 2.36. The van der Waals surface area contributed by atoms with Crippen LogP contribution in [-0.2, 0) is 6.18 Å². The molecule has 0 aliphatic rings. The average molecular weight is 254 g/mol. The minimum atomic E-state index is -4.32. The van der Waals surface area contributed by atoms with Crippen molar-refractivity contribution in [3.05, 3.63) is 27.7 Å². The number of hydrogen-bond acceptors (Lipinski definition) is 1. The van der Waals surface area contributed by atoms with Gasteiger partial charge in [-0.25, -0.2) is 0 Å². The first-order valence-corrected chi connectivity index (χ1v) is 4.25. The van der Waals surface area contributed by atoms with E-state index in [1.165, 1.54) is 13.0 Å². The Morgan fingerprint density at radius 2 is 1.85 bits per heavy atom. The van der Waals surface area contributed by atoms with Crippen molar-refractivity contribution in [1.82, 2.24) is 0 Å². The number of halogens is 4. The maximum Gasteiger partial charge on any atom is 0.416 e. The monoisotopic (exact) mass is 253 g/mol. The molecule has 0 aliphatic carbocycles. The second-order valence-electron chi connectivity index (χ2n) is 2.64. The normalized spacial score (nSPS) is 11.8. The van der Waals surface area contributed by atoms with Gasteiger partial charge in [-0.3, -0.25) is 0 Å². The molecule has 0 radical (unpaired) electrons. The number of benzene rings is 1. The lowest BCUT2D eigenvalue weighted by Crippen LogP contribution is -2.08. The van der Waals surface area contributed by atoms with Gasteiger partial charge in [-0.1, -0.05) is 0 Å². The summed E-state index contributed by atoms with van der Waals surface area (Å²) in [4.78, 5) is 0. The van der Waals surface area contributed by atoms with Gasteiger partial charge in [0.05, 0.1) is 5.56 Å². The largest absolute Gasteiger partial charge is 0.416 e. The van der Waals surface area contributed by atoms with Crippen molar-refractivity contribution in [2.24, 2.45) is 0 Å². The maximum absolute atomic E-state index is 12.3. The molecule has 1 rings (SSSR count). The van der Waals surface area contributed by atoms with E-state index in [1.54, 1.807) is 0 Å². The molecule has 1 aromatic carbocycles. The first kappa shape index (κ1) is 10.4. The fraction of sp³-hybridized carbons (Fsp3) is 0.250. The molecule has 0 bridgehead atoms. The minimum Gasteiger partial charge on any atom is -0.398 e. The van der Waals surface area contributed by atoms with Gasteiger partial charge < -0.3 is 5.73 Å². The molecule has 13 heavy (non-hydrogen) atoms. The molecule has 72 valence electrons. The van der Waals surface area contributed by atoms with Gasteiger partial charge in [-0.2, -0.15) is 13.2 Å². The van der Waals surface area contributed by atoms with Gasteiger partial charge in [0.2, 0.25) is 0 Å². The first-order chi connectivity index (χ1) is 5.84. The summed E-state index contributed by atoms with van der Waals surface area (Å²) >= 11 is 3.00. The smallest absolute Gasteiger partial charge is 0.398 e. The summed E-state index contributed by atoms with van der Waals surface area (Å²) in [6.45, 7) is 1.38. The third-order valence-electron chi connectivity index (χ3n) is 1.72. The third-order valence-corrected chi connectivity index (χ3v) is 2.77. The molecule has 1 aromatic rings. The Morgan fingerprint density at radius 1 is 1.31 bits per heavy atom. The van der Waals surface area contributed by atoms with Crippen LogP contribution in [-0.4, -0.2) is 0 Å². The lowest BCUT2D eigenvalue weighted by Gasteiger charge is -2.12. The molecule has 0 amide bonds. The fourth-order valence-corrected chi connectivity index (χ4v) is 1.36. The molecular formula is C8H7BrF3N. The van der Waals surface area contributed by atoms with Crippen LogP contribution in [0.2, 0.25) is 0 Å². The quantitative estimate of drug-likeness (QED) is 0.706. The summed E-state index contributed by atoms with van der Waals surface area (Å²) in [6, 6.07) is 2.22. The Balaban J connectivity index is 3.35. The van der Waals surface area contributed by atoms with Crippen molar-refractivity contribution in [3.63, 3.8) is 0 Å². The second-order valence-corrected chi connectivity index (χ2v) is 3.43. The van der Waals surface area contributed by atoms with Crippen LogP contribution < -0.4 is 5.73 Å². The number of alkyl halides is 3. The van der Waals surface area contributed by atoms with E-state index in [-0.39, 0.29) is 5.56 Å². The van der Waals surface area contributed by atoms with Crippen molar-refractivity contribution in [3.8, 4) is 0 Å². The van der Waals surface area contributed by atoms with Crippen LogP contribution in [0.5, 0.6) is 0 Å². The van der Waals surface area contributed by atoms with Crippen molar-refractivity contribution in [2.75, 3.05) is 5.73 Å². The molecule has 0 fully saturated rings. The molecule has 0 heterocycles. The SMILES string of the molecule is Cc1c(C(F)(F)F)ccc(N)c1Br. The van der Waals surface area contributed by atoms with Crippen LogP contribution in [0.3, 0.4) is 0 Å². The fourth-order valence-electron chi connectivity index (χ4n) is 1.01.